The quantitative estimate of drug-likeness (QED) is 0.300. The Morgan fingerprint density at radius 2 is 1.81 bits per heavy atom. The summed E-state index contributed by atoms with van der Waals surface area (Å²) >= 11 is 0. The number of ether oxygens (including phenoxy) is 1. The highest BCUT2D eigenvalue weighted by Gasteiger charge is 2.36. The fourth-order valence-corrected chi connectivity index (χ4v) is 5.33. The van der Waals surface area contributed by atoms with Gasteiger partial charge in [-0.05, 0) is 97.1 Å². The lowest BCUT2D eigenvalue weighted by atomic mass is 9.87. The van der Waals surface area contributed by atoms with E-state index in [4.69, 9.17) is 14.3 Å². The van der Waals surface area contributed by atoms with E-state index < -0.39 is 17.3 Å². The highest BCUT2D eigenvalue weighted by atomic mass is 16.6. The monoisotopic (exact) mass is 594 g/mol. The number of hydrogen-bond donors (Lipinski definition) is 3. The van der Waals surface area contributed by atoms with Crippen molar-refractivity contribution in [2.24, 2.45) is 11.8 Å². The number of pyridine rings is 1. The second-order valence-electron chi connectivity index (χ2n) is 13.2. The molecule has 3 aromatic rings. The second kappa shape index (κ2) is 12.1. The number of nitrogens with one attached hydrogen (secondary N) is 1. The maximum atomic E-state index is 14.0. The summed E-state index contributed by atoms with van der Waals surface area (Å²) in [7, 11) is 0. The molecular formula is C31H42N6O6. The van der Waals surface area contributed by atoms with E-state index in [-0.39, 0.29) is 36.0 Å². The Morgan fingerprint density at radius 3 is 2.44 bits per heavy atom. The zero-order chi connectivity index (χ0) is 30.9. The van der Waals surface area contributed by atoms with E-state index in [1.165, 1.54) is 12.5 Å². The Kier molecular flexibility index (Phi) is 8.62. The maximum absolute atomic E-state index is 14.0. The number of carbonyl (C=O) groups is 2. The van der Waals surface area contributed by atoms with Crippen LogP contribution in [0.5, 0.6) is 0 Å². The Morgan fingerprint density at radius 1 is 1.12 bits per heavy atom. The fraction of sp³-hybridized carbons (Fsp3) is 0.581. The molecule has 2 aliphatic rings. The highest BCUT2D eigenvalue weighted by molar-refractivity contribution is 6.05. The topological polar surface area (TPSA) is 156 Å². The maximum Gasteiger partial charge on any atom is 0.413 e. The highest BCUT2D eigenvalue weighted by Crippen LogP contribution is 2.39. The van der Waals surface area contributed by atoms with Gasteiger partial charge in [-0.15, -0.1) is 0 Å². The van der Waals surface area contributed by atoms with Crippen LogP contribution >= 0.6 is 0 Å². The van der Waals surface area contributed by atoms with Crippen LogP contribution in [-0.2, 0) is 10.3 Å². The largest absolute Gasteiger partial charge is 0.444 e. The minimum absolute atomic E-state index is 0.118. The fourth-order valence-electron chi connectivity index (χ4n) is 5.33. The molecule has 5 rings (SSSR count). The van der Waals surface area contributed by atoms with Crippen molar-refractivity contribution in [1.82, 2.24) is 19.7 Å². The summed E-state index contributed by atoms with van der Waals surface area (Å²) in [6.45, 7) is 9.33. The molecule has 3 heterocycles. The number of nitrogens with zero attached hydrogens (tertiary/aromatic N) is 5. The van der Waals surface area contributed by atoms with Gasteiger partial charge in [-0.3, -0.25) is 14.8 Å². The molecule has 0 saturated heterocycles. The third kappa shape index (κ3) is 7.61. The summed E-state index contributed by atoms with van der Waals surface area (Å²) in [5.41, 5.74) is -0.307. The first-order valence-electron chi connectivity index (χ1n) is 15.0. The number of aliphatic hydroxyl groups excluding tert-OH is 1. The standard InChI is InChI=1S/C31H42N6O6/c1-30(2,3)43-29(40)34-25-14-21(12-13-32-25)27-33-23(18-42-27)28(39)36(15-19-6-7-19)24-16-37(35-26(24)31(4,5)41)22-10-8-20(17-38)9-11-22/h12-14,16,18-20,22,38,41H,6-11,15,17H2,1-5H3,(H,32,34,40). The zero-order valence-corrected chi connectivity index (χ0v) is 25.5. The van der Waals surface area contributed by atoms with E-state index in [0.29, 0.717) is 35.3 Å². The minimum atomic E-state index is -1.28. The molecule has 0 aromatic carbocycles. The van der Waals surface area contributed by atoms with Gasteiger partial charge in [0.1, 0.15) is 29.0 Å². The number of hydrogen-bond acceptors (Lipinski definition) is 9. The molecule has 12 nitrogen and oxygen atoms in total. The zero-order valence-electron chi connectivity index (χ0n) is 25.5. The molecular weight excluding hydrogens is 552 g/mol. The smallest absolute Gasteiger partial charge is 0.413 e. The number of anilines is 2. The van der Waals surface area contributed by atoms with Crippen LogP contribution in [0.3, 0.4) is 0 Å². The normalized spacial score (nSPS) is 19.2. The molecule has 0 unspecified atom stereocenters. The molecule has 0 bridgehead atoms. The molecule has 3 N–H and O–H groups in total. The van der Waals surface area contributed by atoms with Gasteiger partial charge in [0.25, 0.3) is 5.91 Å². The van der Waals surface area contributed by atoms with Crippen molar-refractivity contribution in [1.29, 1.82) is 0 Å². The summed E-state index contributed by atoms with van der Waals surface area (Å²) in [5, 5.41) is 28.0. The number of rotatable bonds is 9. The van der Waals surface area contributed by atoms with Crippen molar-refractivity contribution in [2.75, 3.05) is 23.4 Å². The van der Waals surface area contributed by atoms with Crippen molar-refractivity contribution in [3.05, 3.63) is 42.2 Å². The molecule has 2 amide bonds. The van der Waals surface area contributed by atoms with Gasteiger partial charge in [0.05, 0.1) is 11.7 Å². The lowest BCUT2D eigenvalue weighted by Gasteiger charge is -2.27. The molecule has 2 aliphatic carbocycles. The molecule has 43 heavy (non-hydrogen) atoms. The van der Waals surface area contributed by atoms with Gasteiger partial charge in [0, 0.05) is 31.1 Å². The summed E-state index contributed by atoms with van der Waals surface area (Å²) in [6.07, 6.45) is 9.67. The number of amides is 2. The predicted octanol–water partition coefficient (Wildman–Crippen LogP) is 5.29. The van der Waals surface area contributed by atoms with Gasteiger partial charge in [-0.1, -0.05) is 0 Å². The van der Waals surface area contributed by atoms with Gasteiger partial charge in [0.15, 0.2) is 5.69 Å². The molecule has 0 aliphatic heterocycles. The van der Waals surface area contributed by atoms with E-state index in [1.807, 2.05) is 10.9 Å². The Hall–Kier alpha value is -3.77. The van der Waals surface area contributed by atoms with Crippen molar-refractivity contribution in [2.45, 2.75) is 90.4 Å². The first kappa shape index (κ1) is 30.7. The van der Waals surface area contributed by atoms with Crippen LogP contribution in [0.15, 0.2) is 35.2 Å². The van der Waals surface area contributed by atoms with Crippen LogP contribution in [0, 0.1) is 11.8 Å². The number of carbonyl (C=O) groups excluding carboxylic acids is 2. The van der Waals surface area contributed by atoms with E-state index in [0.717, 1.165) is 38.5 Å². The Balaban J connectivity index is 1.40. The van der Waals surface area contributed by atoms with Gasteiger partial charge in [-0.25, -0.2) is 14.8 Å². The lowest BCUT2D eigenvalue weighted by molar-refractivity contribution is 0.0634. The lowest BCUT2D eigenvalue weighted by Crippen LogP contribution is -2.35. The molecule has 3 aromatic heterocycles. The van der Waals surface area contributed by atoms with Gasteiger partial charge >= 0.3 is 6.09 Å². The minimum Gasteiger partial charge on any atom is -0.444 e. The Labute approximate surface area is 251 Å². The van der Waals surface area contributed by atoms with E-state index in [1.54, 1.807) is 51.7 Å². The summed E-state index contributed by atoms with van der Waals surface area (Å²) in [5.74, 6) is 0.762. The SMILES string of the molecule is CC(C)(C)OC(=O)Nc1cc(-c2nc(C(=O)N(CC3CC3)c3cn(C4CCC(CO)CC4)nc3C(C)(C)O)co2)ccn1. The first-order valence-corrected chi connectivity index (χ1v) is 15.0. The summed E-state index contributed by atoms with van der Waals surface area (Å²) in [4.78, 5) is 36.5. The van der Waals surface area contributed by atoms with Crippen LogP contribution in [0.2, 0.25) is 0 Å². The van der Waals surface area contributed by atoms with Crippen molar-refractivity contribution < 1.29 is 29.0 Å². The third-order valence-electron chi connectivity index (χ3n) is 7.77. The first-order chi connectivity index (χ1) is 20.3. The third-order valence-corrected chi connectivity index (χ3v) is 7.77. The van der Waals surface area contributed by atoms with Gasteiger partial charge < -0.3 is 24.3 Å². The number of oxazole rings is 1. The average Bonchev–Trinajstić information content (AvgIpc) is 3.42. The van der Waals surface area contributed by atoms with Crippen molar-refractivity contribution in [3.8, 4) is 11.5 Å². The molecule has 2 saturated carbocycles. The van der Waals surface area contributed by atoms with Crippen LogP contribution in [0.1, 0.15) is 95.4 Å². The van der Waals surface area contributed by atoms with Crippen LogP contribution < -0.4 is 10.2 Å². The molecule has 12 heteroatoms. The molecule has 0 atom stereocenters. The van der Waals surface area contributed by atoms with E-state index >= 15 is 0 Å². The van der Waals surface area contributed by atoms with Crippen molar-refractivity contribution >= 4 is 23.5 Å². The van der Waals surface area contributed by atoms with E-state index in [2.05, 4.69) is 15.3 Å². The summed E-state index contributed by atoms with van der Waals surface area (Å²) in [6, 6.07) is 3.39. The summed E-state index contributed by atoms with van der Waals surface area (Å²) < 4.78 is 12.9. The van der Waals surface area contributed by atoms with Gasteiger partial charge in [-0.2, -0.15) is 5.10 Å². The van der Waals surface area contributed by atoms with E-state index in [9.17, 15) is 19.8 Å². The van der Waals surface area contributed by atoms with Crippen molar-refractivity contribution in [3.63, 3.8) is 0 Å². The molecule has 0 spiro atoms. The molecule has 0 radical (unpaired) electrons. The predicted molar refractivity (Wildman–Crippen MR) is 160 cm³/mol. The van der Waals surface area contributed by atoms with Crippen LogP contribution in [0.4, 0.5) is 16.3 Å². The van der Waals surface area contributed by atoms with Gasteiger partial charge in [0.2, 0.25) is 5.89 Å². The molecule has 232 valence electrons. The number of aromatic nitrogens is 4. The average molecular weight is 595 g/mol. The number of aliphatic hydroxyl groups is 2. The second-order valence-corrected chi connectivity index (χ2v) is 13.2. The van der Waals surface area contributed by atoms with Crippen LogP contribution in [-0.4, -0.2) is 60.7 Å². The Bertz CT molecular complexity index is 1440. The van der Waals surface area contributed by atoms with Crippen LogP contribution in [0.25, 0.3) is 11.5 Å². The molecule has 2 fully saturated rings.